The van der Waals surface area contributed by atoms with E-state index >= 15 is 0 Å². The largest absolute Gasteiger partial charge is 0.395 e. The van der Waals surface area contributed by atoms with Crippen molar-refractivity contribution in [1.82, 2.24) is 16.1 Å². The van der Waals surface area contributed by atoms with E-state index in [0.717, 1.165) is 22.7 Å². The maximum Gasteiger partial charge on any atom is 0.221 e. The van der Waals surface area contributed by atoms with Crippen LogP contribution in [-0.4, -0.2) is 16.7 Å². The van der Waals surface area contributed by atoms with Gasteiger partial charge in [-0.1, -0.05) is 12.1 Å². The summed E-state index contributed by atoms with van der Waals surface area (Å²) in [5, 5.41) is 7.95. The first-order valence-electron chi connectivity index (χ1n) is 9.11. The topological polar surface area (TPSA) is 134 Å². The molecular weight excluding hydrogens is 406 g/mol. The fourth-order valence-corrected chi connectivity index (χ4v) is 3.15. The number of carbonyl (C=O) groups excluding carboxylic acids is 1. The van der Waals surface area contributed by atoms with Crippen LogP contribution in [0.15, 0.2) is 53.8 Å². The van der Waals surface area contributed by atoms with E-state index in [-0.39, 0.29) is 23.2 Å². The molecule has 0 radical (unpaired) electrons. The molecule has 0 atom stereocenters. The summed E-state index contributed by atoms with van der Waals surface area (Å²) in [6.45, 7) is 1.42. The second kappa shape index (κ2) is 7.88. The number of amides is 1. The fraction of sp³-hybridized carbons (Fsp3) is 0.0500. The predicted octanol–water partition coefficient (Wildman–Crippen LogP) is 2.34. The van der Waals surface area contributed by atoms with Gasteiger partial charge in [0.1, 0.15) is 17.3 Å². The monoisotopic (exact) mass is 424 g/mol. The number of nitrogens with two attached hydrogens (primary N) is 2. The summed E-state index contributed by atoms with van der Waals surface area (Å²) < 4.78 is 28.4. The van der Waals surface area contributed by atoms with E-state index in [9.17, 15) is 13.6 Å². The van der Waals surface area contributed by atoms with Crippen LogP contribution in [0.3, 0.4) is 0 Å². The Morgan fingerprint density at radius 3 is 2.65 bits per heavy atom. The number of nitrogen functional groups attached to an aromatic ring is 2. The minimum Gasteiger partial charge on any atom is -0.395 e. The normalized spacial score (nSPS) is 13.0. The number of aromatic nitrogens is 1. The van der Waals surface area contributed by atoms with Gasteiger partial charge in [0.25, 0.3) is 0 Å². The standard InChI is InChI=1S/C20H18F2N8O/c1-10(31)26-13-4-2-3-11(7-13)12-8-14(19(24)25-9-12)20-27-28-29-30(20)18-16(22)6-5-15(21)17(18)23/h2-9,28-29H,23H2,1H3,(H2,24,25)(H,26,31). The van der Waals surface area contributed by atoms with Gasteiger partial charge in [-0.25, -0.2) is 24.3 Å². The van der Waals surface area contributed by atoms with E-state index in [0.29, 0.717) is 16.8 Å². The van der Waals surface area contributed by atoms with Crippen molar-refractivity contribution < 1.29 is 13.6 Å². The van der Waals surface area contributed by atoms with Crippen LogP contribution in [0.25, 0.3) is 11.1 Å². The van der Waals surface area contributed by atoms with Crippen molar-refractivity contribution in [3.05, 3.63) is 65.9 Å². The summed E-state index contributed by atoms with van der Waals surface area (Å²) in [5.41, 5.74) is 18.7. The molecule has 0 bridgehead atoms. The number of halogens is 2. The highest BCUT2D eigenvalue weighted by Gasteiger charge is 2.28. The first-order valence-corrected chi connectivity index (χ1v) is 9.11. The molecule has 7 N–H and O–H groups in total. The first-order chi connectivity index (χ1) is 14.8. The van der Waals surface area contributed by atoms with E-state index < -0.39 is 17.3 Å². The van der Waals surface area contributed by atoms with Gasteiger partial charge in [0, 0.05) is 24.4 Å². The van der Waals surface area contributed by atoms with Crippen molar-refractivity contribution in [2.75, 3.05) is 21.8 Å². The molecule has 1 aromatic heterocycles. The SMILES string of the molecule is CC(=O)Nc1cccc(-c2cnc(N)c(C3=NNNN3c3c(F)ccc(F)c3N)c2)c1. The van der Waals surface area contributed by atoms with Crippen LogP contribution in [-0.2, 0) is 4.79 Å². The van der Waals surface area contributed by atoms with Gasteiger partial charge in [-0.3, -0.25) is 4.79 Å². The highest BCUT2D eigenvalue weighted by molar-refractivity contribution is 6.14. The lowest BCUT2D eigenvalue weighted by atomic mass is 10.0. The summed E-state index contributed by atoms with van der Waals surface area (Å²) in [6, 6.07) is 10.7. The molecule has 0 aliphatic carbocycles. The molecule has 2 heterocycles. The molecule has 0 fully saturated rings. The first kappa shape index (κ1) is 20.0. The second-order valence-electron chi connectivity index (χ2n) is 6.70. The fourth-order valence-electron chi connectivity index (χ4n) is 3.15. The molecule has 158 valence electrons. The molecule has 9 nitrogen and oxygen atoms in total. The minimum absolute atomic E-state index is 0.117. The Morgan fingerprint density at radius 2 is 1.87 bits per heavy atom. The van der Waals surface area contributed by atoms with Crippen LogP contribution in [0.4, 0.5) is 31.7 Å². The summed E-state index contributed by atoms with van der Waals surface area (Å²) in [7, 11) is 0. The van der Waals surface area contributed by atoms with Crippen molar-refractivity contribution in [1.29, 1.82) is 0 Å². The molecule has 11 heteroatoms. The zero-order chi connectivity index (χ0) is 22.1. The number of hydrogen-bond acceptors (Lipinski definition) is 8. The number of hydrazine groups is 2. The number of hydrogen-bond donors (Lipinski definition) is 5. The lowest BCUT2D eigenvalue weighted by Crippen LogP contribution is -2.42. The number of rotatable bonds is 4. The van der Waals surface area contributed by atoms with E-state index in [4.69, 9.17) is 11.5 Å². The zero-order valence-electron chi connectivity index (χ0n) is 16.3. The second-order valence-corrected chi connectivity index (χ2v) is 6.70. The van der Waals surface area contributed by atoms with Crippen LogP contribution in [0, 0.1) is 11.6 Å². The summed E-state index contributed by atoms with van der Waals surface area (Å²) >= 11 is 0. The summed E-state index contributed by atoms with van der Waals surface area (Å²) in [6.07, 6.45) is 1.56. The quantitative estimate of drug-likeness (QED) is 0.406. The molecule has 1 amide bonds. The molecule has 3 aromatic rings. The van der Waals surface area contributed by atoms with E-state index in [1.165, 1.54) is 6.92 Å². The van der Waals surface area contributed by atoms with Crippen molar-refractivity contribution in [3.8, 4) is 11.1 Å². The van der Waals surface area contributed by atoms with Crippen molar-refractivity contribution in [2.24, 2.45) is 5.10 Å². The Balaban J connectivity index is 1.76. The van der Waals surface area contributed by atoms with E-state index in [2.05, 4.69) is 26.5 Å². The smallest absolute Gasteiger partial charge is 0.221 e. The number of nitrogens with one attached hydrogen (secondary N) is 3. The van der Waals surface area contributed by atoms with Gasteiger partial charge in [-0.05, 0) is 35.9 Å². The number of anilines is 4. The molecule has 4 rings (SSSR count). The van der Waals surface area contributed by atoms with Crippen LogP contribution >= 0.6 is 0 Å². The third-order valence-corrected chi connectivity index (χ3v) is 4.55. The molecule has 1 aliphatic rings. The highest BCUT2D eigenvalue weighted by atomic mass is 19.1. The average molecular weight is 424 g/mol. The molecule has 1 aliphatic heterocycles. The van der Waals surface area contributed by atoms with Gasteiger partial charge < -0.3 is 16.8 Å². The van der Waals surface area contributed by atoms with E-state index in [1.54, 1.807) is 30.5 Å². The Kier molecular flexibility index (Phi) is 5.09. The van der Waals surface area contributed by atoms with Gasteiger partial charge in [-0.15, -0.1) is 10.6 Å². The number of hydrazone groups is 1. The van der Waals surface area contributed by atoms with E-state index in [1.807, 2.05) is 6.07 Å². The molecule has 0 spiro atoms. The highest BCUT2D eigenvalue weighted by Crippen LogP contribution is 2.32. The van der Waals surface area contributed by atoms with Crippen molar-refractivity contribution >= 4 is 34.6 Å². The van der Waals surface area contributed by atoms with Gasteiger partial charge in [0.05, 0.1) is 11.3 Å². The summed E-state index contributed by atoms with van der Waals surface area (Å²) in [4.78, 5) is 15.6. The van der Waals surface area contributed by atoms with Crippen LogP contribution in [0.5, 0.6) is 0 Å². The van der Waals surface area contributed by atoms with Crippen LogP contribution < -0.4 is 32.9 Å². The molecule has 0 saturated heterocycles. The Bertz CT molecular complexity index is 1210. The molecule has 31 heavy (non-hydrogen) atoms. The zero-order valence-corrected chi connectivity index (χ0v) is 16.3. The summed E-state index contributed by atoms with van der Waals surface area (Å²) in [5.74, 6) is -1.48. The van der Waals surface area contributed by atoms with Gasteiger partial charge in [0.2, 0.25) is 5.91 Å². The third-order valence-electron chi connectivity index (χ3n) is 4.55. The van der Waals surface area contributed by atoms with Gasteiger partial charge in [-0.2, -0.15) is 0 Å². The molecule has 2 aromatic carbocycles. The molecular formula is C20H18F2N8O. The van der Waals surface area contributed by atoms with Crippen molar-refractivity contribution in [3.63, 3.8) is 0 Å². The maximum absolute atomic E-state index is 14.5. The number of benzene rings is 2. The maximum atomic E-state index is 14.5. The molecule has 0 unspecified atom stereocenters. The lowest BCUT2D eigenvalue weighted by molar-refractivity contribution is -0.114. The third kappa shape index (κ3) is 3.81. The van der Waals surface area contributed by atoms with Gasteiger partial charge in [0.15, 0.2) is 11.7 Å². The minimum atomic E-state index is -0.779. The number of amidine groups is 1. The Labute approximate surface area is 175 Å². The van der Waals surface area contributed by atoms with Crippen LogP contribution in [0.1, 0.15) is 12.5 Å². The number of nitrogens with zero attached hydrogens (tertiary/aromatic N) is 3. The number of carbonyl (C=O) groups is 1. The molecule has 0 saturated carbocycles. The van der Waals surface area contributed by atoms with Crippen LogP contribution in [0.2, 0.25) is 0 Å². The van der Waals surface area contributed by atoms with Crippen molar-refractivity contribution in [2.45, 2.75) is 6.92 Å². The number of pyridine rings is 1. The Morgan fingerprint density at radius 1 is 1.10 bits per heavy atom. The predicted molar refractivity (Wildman–Crippen MR) is 114 cm³/mol. The van der Waals surface area contributed by atoms with Gasteiger partial charge >= 0.3 is 0 Å². The lowest BCUT2D eigenvalue weighted by Gasteiger charge is -2.22. The Hall–Kier alpha value is -4.25. The average Bonchev–Trinajstić information content (AvgIpc) is 3.20.